The highest BCUT2D eigenvalue weighted by molar-refractivity contribution is 5.33. The highest BCUT2D eigenvalue weighted by Crippen LogP contribution is 2.30. The first-order valence-electron chi connectivity index (χ1n) is 25.2. The Labute approximate surface area is 453 Å². The second-order valence-corrected chi connectivity index (χ2v) is 20.9. The molecule has 0 aliphatic heterocycles. The van der Waals surface area contributed by atoms with Crippen molar-refractivity contribution < 1.29 is 65.9 Å². The molecular formula is C63H77F15. The predicted molar refractivity (Wildman–Crippen MR) is 286 cm³/mol. The van der Waals surface area contributed by atoms with Crippen molar-refractivity contribution in [3.05, 3.63) is 209 Å². The van der Waals surface area contributed by atoms with Crippen LogP contribution in [0.1, 0.15) is 169 Å². The highest BCUT2D eigenvalue weighted by Gasteiger charge is 2.25. The van der Waals surface area contributed by atoms with Crippen molar-refractivity contribution in [2.75, 3.05) is 0 Å². The Kier molecular flexibility index (Phi) is 30.6. The summed E-state index contributed by atoms with van der Waals surface area (Å²) in [5.74, 6) is -13.1. The second kappa shape index (κ2) is 33.0. The molecule has 15 heteroatoms. The number of halogens is 15. The molecule has 0 unspecified atom stereocenters. The van der Waals surface area contributed by atoms with Gasteiger partial charge in [-0.2, -0.15) is 0 Å². The Hall–Kier alpha value is -5.73. The van der Waals surface area contributed by atoms with Crippen LogP contribution in [-0.4, -0.2) is 0 Å². The van der Waals surface area contributed by atoms with Crippen molar-refractivity contribution in [1.82, 2.24) is 0 Å². The van der Waals surface area contributed by atoms with Crippen LogP contribution in [0.3, 0.4) is 0 Å². The zero-order valence-electron chi connectivity index (χ0n) is 47.0. The molecule has 0 saturated carbocycles. The Morgan fingerprint density at radius 3 is 1.03 bits per heavy atom. The van der Waals surface area contributed by atoms with E-state index in [0.29, 0.717) is 29.5 Å². The zero-order chi connectivity index (χ0) is 59.7. The summed E-state index contributed by atoms with van der Waals surface area (Å²) in [6.45, 7) is 29.5. The fourth-order valence-corrected chi connectivity index (χ4v) is 7.94. The van der Waals surface area contributed by atoms with E-state index in [1.807, 2.05) is 68.4 Å². The van der Waals surface area contributed by atoms with E-state index in [4.69, 9.17) is 0 Å². The van der Waals surface area contributed by atoms with Crippen LogP contribution in [0, 0.1) is 140 Å². The van der Waals surface area contributed by atoms with Crippen LogP contribution in [0.25, 0.3) is 0 Å². The van der Waals surface area contributed by atoms with Crippen LogP contribution in [0.4, 0.5) is 65.9 Å². The van der Waals surface area contributed by atoms with Gasteiger partial charge in [-0.15, -0.1) is 0 Å². The third-order valence-electron chi connectivity index (χ3n) is 11.6. The maximum atomic E-state index is 13.3. The standard InChI is InChI=1S/C11H12F4.C11H14F2.C10H10F4.2C10H12F2.C10H13F.CH4/c1-5(2)4-7-10(14)8(12)6(3)9(13)11(7)15;1-7(2)4-9-10(12)5-8(3)6-11(9)13;1-4(2)6-7(11)5(3)8(12)10(14)9(6)13;1-6(2)10-7(3)4-8(11)5-9(10)12;1-7(2)6-8-9(11)4-3-5-10(8)12;1-7(2)10-8(3)5-4-6-9(10)11;/h5H,4H2,1-3H3;5-7H,4H2,1-3H3;4H,1-3H3;4-6H,1-3H3;3-5,7H,6H2,1-2H3;4-7H,1-3H3;1H4. The lowest BCUT2D eigenvalue weighted by Gasteiger charge is -2.12. The summed E-state index contributed by atoms with van der Waals surface area (Å²) in [5.41, 5.74) is 2.21. The lowest BCUT2D eigenvalue weighted by Crippen LogP contribution is -2.08. The first-order chi connectivity index (χ1) is 35.5. The van der Waals surface area contributed by atoms with Gasteiger partial charge in [0, 0.05) is 39.4 Å². The Morgan fingerprint density at radius 1 is 0.308 bits per heavy atom. The van der Waals surface area contributed by atoms with Crippen molar-refractivity contribution in [1.29, 1.82) is 0 Å². The number of rotatable bonds is 9. The molecule has 0 spiro atoms. The maximum absolute atomic E-state index is 13.3. The highest BCUT2D eigenvalue weighted by atomic mass is 19.2. The molecule has 0 saturated heterocycles. The molecule has 0 N–H and O–H groups in total. The molecule has 434 valence electrons. The molecule has 78 heavy (non-hydrogen) atoms. The largest absolute Gasteiger partial charge is 0.207 e. The van der Waals surface area contributed by atoms with Crippen molar-refractivity contribution in [2.45, 2.75) is 162 Å². The molecule has 6 rings (SSSR count). The normalized spacial score (nSPS) is 10.8. The van der Waals surface area contributed by atoms with E-state index in [-0.39, 0.29) is 60.4 Å². The molecular weight excluding hydrogens is 1040 g/mol. The van der Waals surface area contributed by atoms with Crippen LogP contribution in [0.15, 0.2) is 60.7 Å². The van der Waals surface area contributed by atoms with Crippen molar-refractivity contribution in [2.24, 2.45) is 17.8 Å². The third kappa shape index (κ3) is 21.1. The molecule has 0 aliphatic carbocycles. The van der Waals surface area contributed by atoms with Gasteiger partial charge in [0.25, 0.3) is 0 Å². The Bertz CT molecular complexity index is 2720. The molecule has 0 nitrogen and oxygen atoms in total. The first-order valence-corrected chi connectivity index (χ1v) is 25.2. The second-order valence-electron chi connectivity index (χ2n) is 20.9. The molecule has 0 amide bonds. The topological polar surface area (TPSA) is 0 Å². The van der Waals surface area contributed by atoms with Gasteiger partial charge in [-0.05, 0) is 154 Å². The molecule has 0 radical (unpaired) electrons. The number of aryl methyl sites for hydroxylation is 3. The van der Waals surface area contributed by atoms with E-state index in [1.165, 1.54) is 56.3 Å². The minimum Gasteiger partial charge on any atom is -0.207 e. The summed E-state index contributed by atoms with van der Waals surface area (Å²) in [6.07, 6.45) is 0.891. The fourth-order valence-electron chi connectivity index (χ4n) is 7.94. The first kappa shape index (κ1) is 72.3. The average Bonchev–Trinajstić information content (AvgIpc) is 3.30. The summed E-state index contributed by atoms with van der Waals surface area (Å²) < 4.78 is 196. The molecule has 0 bridgehead atoms. The smallest absolute Gasteiger partial charge is 0.195 e. The lowest BCUT2D eigenvalue weighted by molar-refractivity contribution is 0.415. The number of hydrogen-bond donors (Lipinski definition) is 0. The van der Waals surface area contributed by atoms with Gasteiger partial charge in [0.2, 0.25) is 0 Å². The molecule has 0 heterocycles. The van der Waals surface area contributed by atoms with Gasteiger partial charge < -0.3 is 0 Å². The monoisotopic (exact) mass is 1120 g/mol. The van der Waals surface area contributed by atoms with Crippen LogP contribution in [0.2, 0.25) is 0 Å². The molecule has 6 aromatic rings. The Balaban J connectivity index is 0.000000912. The average molecular weight is 1120 g/mol. The lowest BCUT2D eigenvalue weighted by atomic mass is 9.97. The van der Waals surface area contributed by atoms with Crippen molar-refractivity contribution in [3.63, 3.8) is 0 Å². The molecule has 0 fully saturated rings. The summed E-state index contributed by atoms with van der Waals surface area (Å²) in [5, 5.41) is 0. The minimum atomic E-state index is -1.60. The summed E-state index contributed by atoms with van der Waals surface area (Å²) in [7, 11) is 0. The summed E-state index contributed by atoms with van der Waals surface area (Å²) >= 11 is 0. The summed E-state index contributed by atoms with van der Waals surface area (Å²) in [6, 6.07) is 14.2. The van der Waals surface area contributed by atoms with Crippen LogP contribution in [-0.2, 0) is 19.3 Å². The third-order valence-corrected chi connectivity index (χ3v) is 11.6. The zero-order valence-corrected chi connectivity index (χ0v) is 47.0. The number of benzene rings is 6. The van der Waals surface area contributed by atoms with Crippen molar-refractivity contribution >= 4 is 0 Å². The predicted octanol–water partition coefficient (Wildman–Crippen LogP) is 21.4. The molecule has 0 aliphatic rings. The van der Waals surface area contributed by atoms with E-state index >= 15 is 0 Å². The number of hydrogen-bond acceptors (Lipinski definition) is 0. The van der Waals surface area contributed by atoms with E-state index in [0.717, 1.165) is 31.0 Å². The molecule has 0 aromatic heterocycles. The quantitative estimate of drug-likeness (QED) is 0.0769. The van der Waals surface area contributed by atoms with Gasteiger partial charge in [-0.25, -0.2) is 65.9 Å². The molecule has 6 aromatic carbocycles. The van der Waals surface area contributed by atoms with Gasteiger partial charge in [0.05, 0.1) is 0 Å². The molecule has 0 atom stereocenters. The van der Waals surface area contributed by atoms with Gasteiger partial charge in [-0.3, -0.25) is 0 Å². The van der Waals surface area contributed by atoms with Crippen LogP contribution < -0.4 is 0 Å². The maximum Gasteiger partial charge on any atom is 0.195 e. The Morgan fingerprint density at radius 2 is 0.654 bits per heavy atom. The van der Waals surface area contributed by atoms with Crippen molar-refractivity contribution in [3.8, 4) is 0 Å². The van der Waals surface area contributed by atoms with Crippen LogP contribution >= 0.6 is 0 Å². The van der Waals surface area contributed by atoms with Gasteiger partial charge in [0.1, 0.15) is 46.5 Å². The van der Waals surface area contributed by atoms with E-state index < -0.39 is 110 Å². The summed E-state index contributed by atoms with van der Waals surface area (Å²) in [4.78, 5) is 0. The van der Waals surface area contributed by atoms with E-state index in [9.17, 15) is 65.9 Å². The SMILES string of the molecule is C.CC(C)Cc1c(F)cccc1F.Cc1c(F)c(F)c(CC(C)C)c(F)c1F.Cc1c(F)c(F)c(F)c(C(C)C)c1F.Cc1cc(F)c(CC(C)C)c(F)c1.Cc1cc(F)cc(F)c1C(C)C.Cc1cccc(F)c1C(C)C. The fraction of sp³-hybridized carbons (Fsp3) is 0.429. The minimum absolute atomic E-state index is 0. The van der Waals surface area contributed by atoms with Gasteiger partial charge in [0.15, 0.2) is 40.7 Å². The van der Waals surface area contributed by atoms with Crippen LogP contribution in [0.5, 0.6) is 0 Å². The van der Waals surface area contributed by atoms with Gasteiger partial charge >= 0.3 is 0 Å². The van der Waals surface area contributed by atoms with Gasteiger partial charge in [-0.1, -0.05) is 109 Å². The van der Waals surface area contributed by atoms with E-state index in [1.54, 1.807) is 33.8 Å². The van der Waals surface area contributed by atoms with E-state index in [2.05, 4.69) is 0 Å².